The van der Waals surface area contributed by atoms with E-state index in [-0.39, 0.29) is 6.79 Å². The first-order valence-electron chi connectivity index (χ1n) is 10.7. The molecule has 1 aliphatic heterocycles. The summed E-state index contributed by atoms with van der Waals surface area (Å²) >= 11 is 1.70. The van der Waals surface area contributed by atoms with Gasteiger partial charge in [-0.1, -0.05) is 42.5 Å². The molecule has 4 heterocycles. The number of anilines is 1. The lowest BCUT2D eigenvalue weighted by Gasteiger charge is -2.24. The van der Waals surface area contributed by atoms with Gasteiger partial charge in [-0.25, -0.2) is 9.97 Å². The Morgan fingerprint density at radius 3 is 2.70 bits per heavy atom. The van der Waals surface area contributed by atoms with E-state index in [0.29, 0.717) is 13.1 Å². The average Bonchev–Trinajstić information content (AvgIpc) is 3.54. The first-order chi connectivity index (χ1) is 16.3. The Morgan fingerprint density at radius 2 is 1.82 bits per heavy atom. The van der Waals surface area contributed by atoms with Crippen molar-refractivity contribution in [3.63, 3.8) is 0 Å². The fraction of sp³-hybridized carbons (Fsp3) is 0.115. The van der Waals surface area contributed by atoms with Crippen LogP contribution in [0.5, 0.6) is 0 Å². The van der Waals surface area contributed by atoms with Crippen LogP contribution in [0.2, 0.25) is 0 Å². The maximum absolute atomic E-state index is 5.62. The highest BCUT2D eigenvalue weighted by Crippen LogP contribution is 2.38. The number of benzene rings is 2. The molecule has 0 aliphatic carbocycles. The summed E-state index contributed by atoms with van der Waals surface area (Å²) < 4.78 is 12.0. The molecule has 1 aliphatic rings. The number of pyridine rings is 1. The molecule has 6 rings (SSSR count). The van der Waals surface area contributed by atoms with Crippen LogP contribution in [-0.2, 0) is 16.0 Å². The van der Waals surface area contributed by atoms with Gasteiger partial charge in [0, 0.05) is 23.0 Å². The highest BCUT2D eigenvalue weighted by Gasteiger charge is 2.20. The van der Waals surface area contributed by atoms with Crippen molar-refractivity contribution in [1.82, 2.24) is 15.0 Å². The second kappa shape index (κ2) is 8.52. The summed E-state index contributed by atoms with van der Waals surface area (Å²) in [6, 6.07) is 22.9. The smallest absolute Gasteiger partial charge is 0.229 e. The van der Waals surface area contributed by atoms with E-state index >= 15 is 0 Å². The van der Waals surface area contributed by atoms with Crippen molar-refractivity contribution in [3.8, 4) is 10.4 Å². The summed E-state index contributed by atoms with van der Waals surface area (Å²) in [7, 11) is 0. The number of hydrogen-bond acceptors (Lipinski definition) is 7. The summed E-state index contributed by atoms with van der Waals surface area (Å²) in [6.45, 7) is 1.52. The third-order valence-corrected chi connectivity index (χ3v) is 6.74. The van der Waals surface area contributed by atoms with Gasteiger partial charge in [-0.2, -0.15) is 0 Å². The standard InChI is InChI=1S/C26H20N4O2S/c1-2-5-18(6-3-1)13-30(14-21-15-31-17-32-21)26-25-23(28-16-29-26)12-24(33-25)20-8-9-22-19(11-20)7-4-10-27-22/h1-12,15-16H,13-14,17H2. The second-order valence-corrected chi connectivity index (χ2v) is 8.84. The fourth-order valence-corrected chi connectivity index (χ4v) is 5.11. The van der Waals surface area contributed by atoms with Gasteiger partial charge in [0.2, 0.25) is 6.79 Å². The monoisotopic (exact) mass is 452 g/mol. The molecule has 7 heteroatoms. The minimum Gasteiger partial charge on any atom is -0.462 e. The predicted molar refractivity (Wildman–Crippen MR) is 131 cm³/mol. The molecular weight excluding hydrogens is 432 g/mol. The zero-order chi connectivity index (χ0) is 22.0. The van der Waals surface area contributed by atoms with E-state index in [0.717, 1.165) is 43.1 Å². The highest BCUT2D eigenvalue weighted by molar-refractivity contribution is 7.22. The Bertz CT molecular complexity index is 1470. The Labute approximate surface area is 194 Å². The van der Waals surface area contributed by atoms with Gasteiger partial charge in [-0.15, -0.1) is 11.3 Å². The topological polar surface area (TPSA) is 60.4 Å². The first kappa shape index (κ1) is 19.7. The van der Waals surface area contributed by atoms with Crippen LogP contribution in [0, 0.1) is 0 Å². The van der Waals surface area contributed by atoms with Crippen molar-refractivity contribution < 1.29 is 9.47 Å². The van der Waals surface area contributed by atoms with Gasteiger partial charge in [0.05, 0.1) is 22.3 Å². The largest absolute Gasteiger partial charge is 0.462 e. The minimum atomic E-state index is 0.258. The first-order valence-corrected chi connectivity index (χ1v) is 11.5. The third kappa shape index (κ3) is 3.99. The maximum Gasteiger partial charge on any atom is 0.229 e. The van der Waals surface area contributed by atoms with E-state index in [4.69, 9.17) is 14.5 Å². The van der Waals surface area contributed by atoms with Crippen LogP contribution in [0.4, 0.5) is 5.82 Å². The van der Waals surface area contributed by atoms with E-state index in [1.54, 1.807) is 23.9 Å². The molecular formula is C26H20N4O2S. The number of nitrogens with zero attached hydrogens (tertiary/aromatic N) is 4. The summed E-state index contributed by atoms with van der Waals surface area (Å²) in [4.78, 5) is 17.0. The maximum atomic E-state index is 5.62. The molecule has 0 amide bonds. The molecule has 0 atom stereocenters. The van der Waals surface area contributed by atoms with Crippen molar-refractivity contribution in [2.45, 2.75) is 6.54 Å². The number of hydrogen-bond donors (Lipinski definition) is 0. The van der Waals surface area contributed by atoms with Gasteiger partial charge in [-0.05, 0) is 35.4 Å². The molecule has 0 saturated heterocycles. The summed E-state index contributed by atoms with van der Waals surface area (Å²) in [5, 5.41) is 1.12. The summed E-state index contributed by atoms with van der Waals surface area (Å²) in [6.07, 6.45) is 5.13. The van der Waals surface area contributed by atoms with Crippen LogP contribution in [0.3, 0.4) is 0 Å². The predicted octanol–water partition coefficient (Wildman–Crippen LogP) is 5.76. The molecule has 3 aromatic heterocycles. The number of ether oxygens (including phenoxy) is 2. The number of fused-ring (bicyclic) bond motifs is 2. The average molecular weight is 453 g/mol. The molecule has 0 bridgehead atoms. The van der Waals surface area contributed by atoms with Gasteiger partial charge in [0.1, 0.15) is 12.6 Å². The normalized spacial score (nSPS) is 13.0. The molecule has 5 aromatic rings. The van der Waals surface area contributed by atoms with Crippen molar-refractivity contribution in [3.05, 3.63) is 96.8 Å². The molecule has 6 nitrogen and oxygen atoms in total. The molecule has 2 aromatic carbocycles. The third-order valence-electron chi connectivity index (χ3n) is 5.57. The van der Waals surface area contributed by atoms with Crippen molar-refractivity contribution >= 4 is 38.3 Å². The SMILES string of the molecule is C1=C(CN(Cc2ccccc2)c2ncnc3cc(-c4ccc5ncccc5c4)sc23)OCO1. The Hall–Kier alpha value is -3.97. The van der Waals surface area contributed by atoms with Crippen LogP contribution in [0.25, 0.3) is 31.6 Å². The molecule has 162 valence electrons. The van der Waals surface area contributed by atoms with Crippen molar-refractivity contribution in [1.29, 1.82) is 0 Å². The summed E-state index contributed by atoms with van der Waals surface area (Å²) in [5.74, 6) is 1.68. The van der Waals surface area contributed by atoms with E-state index in [9.17, 15) is 0 Å². The fourth-order valence-electron chi connectivity index (χ4n) is 3.99. The molecule has 33 heavy (non-hydrogen) atoms. The van der Waals surface area contributed by atoms with Crippen LogP contribution in [0.15, 0.2) is 91.3 Å². The van der Waals surface area contributed by atoms with E-state index in [2.05, 4.69) is 69.5 Å². The van der Waals surface area contributed by atoms with Crippen LogP contribution < -0.4 is 4.90 Å². The van der Waals surface area contributed by atoms with Crippen LogP contribution >= 0.6 is 11.3 Å². The Morgan fingerprint density at radius 1 is 0.879 bits per heavy atom. The number of thiophene rings is 1. The van der Waals surface area contributed by atoms with Gasteiger partial charge < -0.3 is 14.4 Å². The van der Waals surface area contributed by atoms with Gasteiger partial charge >= 0.3 is 0 Å². The van der Waals surface area contributed by atoms with Crippen LogP contribution in [0.1, 0.15) is 5.56 Å². The zero-order valence-corrected chi connectivity index (χ0v) is 18.5. The van der Waals surface area contributed by atoms with Gasteiger partial charge in [0.15, 0.2) is 11.6 Å². The molecule has 0 spiro atoms. The van der Waals surface area contributed by atoms with Gasteiger partial charge in [-0.3, -0.25) is 4.98 Å². The highest BCUT2D eigenvalue weighted by atomic mass is 32.1. The molecule has 0 radical (unpaired) electrons. The quantitative estimate of drug-likeness (QED) is 0.327. The lowest BCUT2D eigenvalue weighted by atomic mass is 10.1. The number of aromatic nitrogens is 3. The second-order valence-electron chi connectivity index (χ2n) is 7.79. The Balaban J connectivity index is 1.42. The lowest BCUT2D eigenvalue weighted by molar-refractivity contribution is 0.0797. The van der Waals surface area contributed by atoms with Gasteiger partial charge in [0.25, 0.3) is 0 Å². The Kier molecular flexibility index (Phi) is 5.08. The minimum absolute atomic E-state index is 0.258. The summed E-state index contributed by atoms with van der Waals surface area (Å²) in [5.41, 5.74) is 4.27. The number of rotatable bonds is 6. The van der Waals surface area contributed by atoms with Crippen molar-refractivity contribution in [2.75, 3.05) is 18.2 Å². The molecule has 0 unspecified atom stereocenters. The molecule has 0 N–H and O–H groups in total. The van der Waals surface area contributed by atoms with E-state index in [1.807, 2.05) is 18.3 Å². The molecule has 0 fully saturated rings. The van der Waals surface area contributed by atoms with E-state index < -0.39 is 0 Å². The zero-order valence-electron chi connectivity index (χ0n) is 17.7. The van der Waals surface area contributed by atoms with E-state index in [1.165, 1.54) is 5.56 Å². The lowest BCUT2D eigenvalue weighted by Crippen LogP contribution is -2.26. The van der Waals surface area contributed by atoms with Crippen LogP contribution in [-0.4, -0.2) is 28.3 Å². The van der Waals surface area contributed by atoms with Crippen molar-refractivity contribution in [2.24, 2.45) is 0 Å². The molecule has 0 saturated carbocycles.